The van der Waals surface area contributed by atoms with Crippen molar-refractivity contribution >= 4 is 11.8 Å². The zero-order chi connectivity index (χ0) is 13.1. The van der Waals surface area contributed by atoms with Crippen molar-refractivity contribution in [2.45, 2.75) is 33.2 Å². The van der Waals surface area contributed by atoms with Crippen molar-refractivity contribution in [3.05, 3.63) is 35.9 Å². The molecule has 0 heterocycles. The number of nitrogens with zero attached hydrogens (tertiary/aromatic N) is 1. The Morgan fingerprint density at radius 2 is 1.65 bits per heavy atom. The number of nitrogens with one attached hydrogen (secondary N) is 1. The quantitative estimate of drug-likeness (QED) is 0.755. The number of hydrazine groups is 1. The largest absolute Gasteiger partial charge is 0.274 e. The predicted molar refractivity (Wildman–Crippen MR) is 66.2 cm³/mol. The molecule has 0 saturated heterocycles. The maximum atomic E-state index is 12.2. The summed E-state index contributed by atoms with van der Waals surface area (Å²) >= 11 is 0. The summed E-state index contributed by atoms with van der Waals surface area (Å²) in [6.07, 6.45) is 0. The van der Waals surface area contributed by atoms with E-state index in [-0.39, 0.29) is 11.8 Å². The molecule has 4 nitrogen and oxygen atoms in total. The number of rotatable bonds is 1. The van der Waals surface area contributed by atoms with Gasteiger partial charge in [0.2, 0.25) is 5.91 Å². The van der Waals surface area contributed by atoms with Gasteiger partial charge in [0, 0.05) is 12.5 Å². The molecule has 17 heavy (non-hydrogen) atoms. The molecule has 2 amide bonds. The Hall–Kier alpha value is -1.84. The summed E-state index contributed by atoms with van der Waals surface area (Å²) in [5, 5.41) is 1.35. The van der Waals surface area contributed by atoms with Crippen LogP contribution < -0.4 is 5.43 Å². The molecular weight excluding hydrogens is 216 g/mol. The van der Waals surface area contributed by atoms with Crippen LogP contribution in [0, 0.1) is 0 Å². The number of benzene rings is 1. The highest BCUT2D eigenvalue weighted by atomic mass is 16.2. The van der Waals surface area contributed by atoms with E-state index in [1.807, 2.05) is 26.8 Å². The third-order valence-electron chi connectivity index (χ3n) is 2.16. The predicted octanol–water partition coefficient (Wildman–Crippen LogP) is 1.98. The van der Waals surface area contributed by atoms with Gasteiger partial charge in [-0.1, -0.05) is 18.2 Å². The van der Waals surface area contributed by atoms with Crippen LogP contribution >= 0.6 is 0 Å². The first kappa shape index (κ1) is 13.2. The van der Waals surface area contributed by atoms with Gasteiger partial charge < -0.3 is 0 Å². The Morgan fingerprint density at radius 3 is 2.06 bits per heavy atom. The lowest BCUT2D eigenvalue weighted by Gasteiger charge is -2.35. The van der Waals surface area contributed by atoms with E-state index in [1.54, 1.807) is 24.3 Å². The second kappa shape index (κ2) is 4.99. The standard InChI is InChI=1S/C13H18N2O2/c1-10(16)14-15(13(2,3)4)12(17)11-8-6-5-7-9-11/h5-9H,1-4H3,(H,14,16). The first-order valence-corrected chi connectivity index (χ1v) is 5.49. The van der Waals surface area contributed by atoms with Gasteiger partial charge in [-0.2, -0.15) is 0 Å². The third-order valence-corrected chi connectivity index (χ3v) is 2.16. The zero-order valence-electron chi connectivity index (χ0n) is 10.7. The minimum absolute atomic E-state index is 0.215. The van der Waals surface area contributed by atoms with E-state index in [0.717, 1.165) is 0 Å². The number of hydrogen-bond acceptors (Lipinski definition) is 2. The molecule has 92 valence electrons. The summed E-state index contributed by atoms with van der Waals surface area (Å²) in [4.78, 5) is 23.4. The van der Waals surface area contributed by atoms with Gasteiger partial charge in [-0.3, -0.25) is 15.0 Å². The molecule has 0 radical (unpaired) electrons. The van der Waals surface area contributed by atoms with E-state index in [4.69, 9.17) is 0 Å². The molecule has 1 aromatic rings. The van der Waals surface area contributed by atoms with Gasteiger partial charge in [0.05, 0.1) is 5.54 Å². The molecule has 0 aliphatic rings. The van der Waals surface area contributed by atoms with Gasteiger partial charge in [0.1, 0.15) is 0 Å². The van der Waals surface area contributed by atoms with Gasteiger partial charge in [0.15, 0.2) is 0 Å². The summed E-state index contributed by atoms with van der Waals surface area (Å²) in [6.45, 7) is 6.98. The molecule has 0 aliphatic heterocycles. The highest BCUT2D eigenvalue weighted by Gasteiger charge is 2.28. The maximum absolute atomic E-state index is 12.2. The van der Waals surface area contributed by atoms with Crippen LogP contribution in [0.1, 0.15) is 38.1 Å². The van der Waals surface area contributed by atoms with Gasteiger partial charge in [-0.15, -0.1) is 0 Å². The summed E-state index contributed by atoms with van der Waals surface area (Å²) in [6, 6.07) is 8.88. The van der Waals surface area contributed by atoms with Crippen molar-refractivity contribution in [3.63, 3.8) is 0 Å². The molecular formula is C13H18N2O2. The van der Waals surface area contributed by atoms with Crippen molar-refractivity contribution < 1.29 is 9.59 Å². The smallest absolute Gasteiger partial charge is 0.272 e. The van der Waals surface area contributed by atoms with Crippen molar-refractivity contribution in [1.29, 1.82) is 0 Å². The maximum Gasteiger partial charge on any atom is 0.272 e. The highest BCUT2D eigenvalue weighted by Crippen LogP contribution is 2.14. The Labute approximate surface area is 102 Å². The van der Waals surface area contributed by atoms with Gasteiger partial charge in [-0.25, -0.2) is 5.01 Å². The summed E-state index contributed by atoms with van der Waals surface area (Å²) < 4.78 is 0. The Kier molecular flexibility index (Phi) is 3.89. The Bertz CT molecular complexity index is 407. The van der Waals surface area contributed by atoms with Gasteiger partial charge >= 0.3 is 0 Å². The average molecular weight is 234 g/mol. The second-order valence-corrected chi connectivity index (χ2v) is 4.85. The number of carbonyl (C=O) groups excluding carboxylic acids is 2. The minimum atomic E-state index is -0.474. The molecule has 0 bridgehead atoms. The lowest BCUT2D eigenvalue weighted by Crippen LogP contribution is -2.55. The monoisotopic (exact) mass is 234 g/mol. The molecule has 0 saturated carbocycles. The fraction of sp³-hybridized carbons (Fsp3) is 0.385. The first-order chi connectivity index (χ1) is 7.82. The van der Waals surface area contributed by atoms with Crippen molar-refractivity contribution in [1.82, 2.24) is 10.4 Å². The van der Waals surface area contributed by atoms with Crippen LogP contribution in [0.25, 0.3) is 0 Å². The molecule has 4 heteroatoms. The Balaban J connectivity index is 3.00. The van der Waals surface area contributed by atoms with Crippen molar-refractivity contribution in [3.8, 4) is 0 Å². The summed E-state index contributed by atoms with van der Waals surface area (Å²) in [5.41, 5.74) is 2.64. The second-order valence-electron chi connectivity index (χ2n) is 4.85. The molecule has 1 aromatic carbocycles. The molecule has 1 N–H and O–H groups in total. The first-order valence-electron chi connectivity index (χ1n) is 5.49. The van der Waals surface area contributed by atoms with Crippen LogP contribution in [0.2, 0.25) is 0 Å². The lowest BCUT2D eigenvalue weighted by atomic mass is 10.1. The molecule has 0 unspecified atom stereocenters. The van der Waals surface area contributed by atoms with Crippen LogP contribution in [0.4, 0.5) is 0 Å². The molecule has 0 fully saturated rings. The fourth-order valence-corrected chi connectivity index (χ4v) is 1.39. The molecule has 0 aliphatic carbocycles. The molecule has 0 atom stereocenters. The number of hydrogen-bond donors (Lipinski definition) is 1. The zero-order valence-corrected chi connectivity index (χ0v) is 10.7. The van der Waals surface area contributed by atoms with E-state index in [0.29, 0.717) is 5.56 Å². The Morgan fingerprint density at radius 1 is 1.12 bits per heavy atom. The van der Waals surface area contributed by atoms with E-state index >= 15 is 0 Å². The third kappa shape index (κ3) is 3.59. The fourth-order valence-electron chi connectivity index (χ4n) is 1.39. The molecule has 0 spiro atoms. The minimum Gasteiger partial charge on any atom is -0.274 e. The molecule has 1 rings (SSSR count). The average Bonchev–Trinajstić information content (AvgIpc) is 2.24. The van der Waals surface area contributed by atoms with Crippen LogP contribution in [0.3, 0.4) is 0 Å². The van der Waals surface area contributed by atoms with Crippen molar-refractivity contribution in [2.75, 3.05) is 0 Å². The SMILES string of the molecule is CC(=O)NN(C(=O)c1ccccc1)C(C)(C)C. The highest BCUT2D eigenvalue weighted by molar-refractivity contribution is 5.95. The van der Waals surface area contributed by atoms with Gasteiger partial charge in [-0.05, 0) is 32.9 Å². The van der Waals surface area contributed by atoms with Crippen LogP contribution in [0.15, 0.2) is 30.3 Å². The van der Waals surface area contributed by atoms with Gasteiger partial charge in [0.25, 0.3) is 5.91 Å². The van der Waals surface area contributed by atoms with Crippen LogP contribution in [-0.2, 0) is 4.79 Å². The van der Waals surface area contributed by atoms with Crippen molar-refractivity contribution in [2.24, 2.45) is 0 Å². The van der Waals surface area contributed by atoms with Crippen LogP contribution in [0.5, 0.6) is 0 Å². The van der Waals surface area contributed by atoms with E-state index < -0.39 is 5.54 Å². The normalized spacial score (nSPS) is 10.8. The molecule has 0 aromatic heterocycles. The topological polar surface area (TPSA) is 49.4 Å². The van der Waals surface area contributed by atoms with E-state index in [2.05, 4.69) is 5.43 Å². The summed E-state index contributed by atoms with van der Waals surface area (Å²) in [5.74, 6) is -0.475. The number of amides is 2. The van der Waals surface area contributed by atoms with E-state index in [1.165, 1.54) is 11.9 Å². The van der Waals surface area contributed by atoms with E-state index in [9.17, 15) is 9.59 Å². The summed E-state index contributed by atoms with van der Waals surface area (Å²) in [7, 11) is 0. The van der Waals surface area contributed by atoms with Crippen LogP contribution in [-0.4, -0.2) is 22.4 Å². The lowest BCUT2D eigenvalue weighted by molar-refractivity contribution is -0.124. The number of carbonyl (C=O) groups is 2.